The van der Waals surface area contributed by atoms with Crippen molar-refractivity contribution >= 4 is 11.4 Å². The molecule has 1 aliphatic heterocycles. The van der Waals surface area contributed by atoms with Gasteiger partial charge in [0.2, 0.25) is 11.4 Å². The van der Waals surface area contributed by atoms with Crippen LogP contribution in [0.1, 0.15) is 126 Å². The monoisotopic (exact) mass is 484 g/mol. The van der Waals surface area contributed by atoms with Gasteiger partial charge in [-0.1, -0.05) is 103 Å². The Labute approximate surface area is 221 Å². The second-order valence-electron chi connectivity index (χ2n) is 10.5. The van der Waals surface area contributed by atoms with E-state index in [4.69, 9.17) is 0 Å². The highest BCUT2D eigenvalue weighted by molar-refractivity contribution is 5.78. The van der Waals surface area contributed by atoms with E-state index in [0.717, 1.165) is 41.8 Å². The first-order chi connectivity index (χ1) is 17.7. The third-order valence-corrected chi connectivity index (χ3v) is 7.42. The minimum Gasteiger partial charge on any atom is -0.493 e. The van der Waals surface area contributed by atoms with Crippen molar-refractivity contribution < 1.29 is 4.70 Å². The fourth-order valence-electron chi connectivity index (χ4n) is 5.27. The predicted octanol–water partition coefficient (Wildman–Crippen LogP) is 10.7. The Kier molecular flexibility index (Phi) is 12.2. The number of hydrogen-bond acceptors (Lipinski definition) is 0. The minimum atomic E-state index is 0.916. The largest absolute Gasteiger partial charge is 0.493 e. The van der Waals surface area contributed by atoms with Gasteiger partial charge in [0.1, 0.15) is 0 Å². The van der Waals surface area contributed by atoms with Gasteiger partial charge in [-0.25, -0.2) is 4.70 Å². The van der Waals surface area contributed by atoms with Crippen molar-refractivity contribution in [1.29, 1.82) is 0 Å². The summed E-state index contributed by atoms with van der Waals surface area (Å²) in [6.07, 6.45) is 20.6. The van der Waals surface area contributed by atoms with Crippen LogP contribution in [0.3, 0.4) is 0 Å². The summed E-state index contributed by atoms with van der Waals surface area (Å²) in [5, 5.41) is 0. The van der Waals surface area contributed by atoms with Crippen molar-refractivity contribution in [3.05, 3.63) is 88.0 Å². The van der Waals surface area contributed by atoms with Gasteiger partial charge >= 0.3 is 0 Å². The zero-order valence-corrected chi connectivity index (χ0v) is 23.2. The molecule has 0 aliphatic carbocycles. The zero-order chi connectivity index (χ0) is 25.6. The molecule has 0 amide bonds. The molecule has 2 aromatic rings. The predicted molar refractivity (Wildman–Crippen MR) is 156 cm³/mol. The topological polar surface area (TPSA) is 25.3 Å². The molecule has 0 aromatic heterocycles. The first-order valence-corrected chi connectivity index (χ1v) is 14.8. The van der Waals surface area contributed by atoms with Crippen molar-refractivity contribution in [2.75, 3.05) is 0 Å². The quantitative estimate of drug-likeness (QED) is 0.158. The fourth-order valence-corrected chi connectivity index (χ4v) is 5.27. The molecule has 1 heterocycles. The highest BCUT2D eigenvalue weighted by atomic mass is 15.2. The van der Waals surface area contributed by atoms with Crippen LogP contribution in [0.15, 0.2) is 60.2 Å². The molecule has 194 valence electrons. The van der Waals surface area contributed by atoms with E-state index in [1.54, 1.807) is 0 Å². The molecular weight excluding hydrogens is 436 g/mol. The van der Waals surface area contributed by atoms with E-state index in [9.17, 15) is 5.53 Å². The Morgan fingerprint density at radius 1 is 0.583 bits per heavy atom. The second-order valence-corrected chi connectivity index (χ2v) is 10.5. The molecule has 3 rings (SSSR count). The summed E-state index contributed by atoms with van der Waals surface area (Å²) in [4.78, 5) is 0. The molecular formula is C34H48N2. The first kappa shape index (κ1) is 28.1. The Morgan fingerprint density at radius 2 is 1.08 bits per heavy atom. The van der Waals surface area contributed by atoms with Gasteiger partial charge in [0.25, 0.3) is 0 Å². The Bertz CT molecular complexity index is 1030. The van der Waals surface area contributed by atoms with Gasteiger partial charge in [0.15, 0.2) is 0 Å². The van der Waals surface area contributed by atoms with Gasteiger partial charge in [-0.3, -0.25) is 0 Å². The van der Waals surface area contributed by atoms with E-state index in [2.05, 4.69) is 75.4 Å². The average molecular weight is 485 g/mol. The van der Waals surface area contributed by atoms with Crippen LogP contribution in [-0.2, 0) is 12.8 Å². The molecule has 0 spiro atoms. The summed E-state index contributed by atoms with van der Waals surface area (Å²) in [6, 6.07) is 17.6. The number of nitrogens with zero attached hydrogens (tertiary/aromatic N) is 2. The number of aryl methyl sites for hydroxylation is 2. The van der Waals surface area contributed by atoms with E-state index < -0.39 is 0 Å². The smallest absolute Gasteiger partial charge is 0.210 e. The number of allylic oxidation sites excluding steroid dienone is 2. The van der Waals surface area contributed by atoms with Crippen molar-refractivity contribution in [1.82, 2.24) is 0 Å². The third-order valence-electron chi connectivity index (χ3n) is 7.42. The maximum absolute atomic E-state index is 11.5. The molecule has 0 radical (unpaired) electrons. The van der Waals surface area contributed by atoms with Gasteiger partial charge < -0.3 is 5.53 Å². The van der Waals surface area contributed by atoms with Crippen LogP contribution in [0.5, 0.6) is 0 Å². The number of rotatable bonds is 17. The number of hydrogen-bond donors (Lipinski definition) is 0. The molecule has 0 bridgehead atoms. The van der Waals surface area contributed by atoms with E-state index in [1.165, 1.54) is 98.4 Å². The van der Waals surface area contributed by atoms with Crippen LogP contribution in [0.25, 0.3) is 16.9 Å². The van der Waals surface area contributed by atoms with Crippen LogP contribution in [-0.4, -0.2) is 4.70 Å². The molecule has 2 nitrogen and oxygen atoms in total. The van der Waals surface area contributed by atoms with E-state index in [1.807, 2.05) is 0 Å². The van der Waals surface area contributed by atoms with E-state index >= 15 is 0 Å². The highest BCUT2D eigenvalue weighted by Crippen LogP contribution is 2.38. The van der Waals surface area contributed by atoms with Crippen molar-refractivity contribution in [2.45, 2.75) is 117 Å². The van der Waals surface area contributed by atoms with Crippen LogP contribution in [0.4, 0.5) is 0 Å². The third kappa shape index (κ3) is 8.29. The Hall–Kier alpha value is -2.48. The molecule has 0 atom stereocenters. The molecule has 36 heavy (non-hydrogen) atoms. The lowest BCUT2D eigenvalue weighted by atomic mass is 9.98. The normalized spacial score (nSPS) is 13.5. The maximum atomic E-state index is 11.5. The molecule has 0 fully saturated rings. The Balaban J connectivity index is 1.83. The van der Waals surface area contributed by atoms with Crippen molar-refractivity contribution in [3.8, 4) is 0 Å². The molecule has 2 aromatic carbocycles. The van der Waals surface area contributed by atoms with Gasteiger partial charge in [0.05, 0.1) is 0 Å². The average Bonchev–Trinajstić information content (AvgIpc) is 3.22. The molecule has 0 N–H and O–H groups in total. The highest BCUT2D eigenvalue weighted by Gasteiger charge is 2.28. The van der Waals surface area contributed by atoms with Crippen molar-refractivity contribution in [3.63, 3.8) is 0 Å². The molecule has 0 unspecified atom stereocenters. The van der Waals surface area contributed by atoms with Crippen LogP contribution < -0.4 is 0 Å². The van der Waals surface area contributed by atoms with Gasteiger partial charge in [-0.2, -0.15) is 0 Å². The first-order valence-electron chi connectivity index (χ1n) is 14.8. The molecule has 1 aliphatic rings. The summed E-state index contributed by atoms with van der Waals surface area (Å²) in [5.41, 5.74) is 19.7. The lowest BCUT2D eigenvalue weighted by molar-refractivity contribution is -0.344. The zero-order valence-electron chi connectivity index (χ0n) is 23.2. The van der Waals surface area contributed by atoms with Gasteiger partial charge in [-0.15, -0.1) is 0 Å². The van der Waals surface area contributed by atoms with Gasteiger partial charge in [0, 0.05) is 22.8 Å². The van der Waals surface area contributed by atoms with Gasteiger partial charge in [-0.05, 0) is 73.9 Å². The summed E-state index contributed by atoms with van der Waals surface area (Å²) >= 11 is 0. The minimum absolute atomic E-state index is 0.916. The van der Waals surface area contributed by atoms with E-state index in [0.29, 0.717) is 0 Å². The molecule has 0 saturated carbocycles. The maximum Gasteiger partial charge on any atom is 0.210 e. The fraction of sp³-hybridized carbons (Fsp3) is 0.529. The lowest BCUT2D eigenvalue weighted by Gasteiger charge is -2.12. The summed E-state index contributed by atoms with van der Waals surface area (Å²) in [6.45, 7) is 6.78. The SMILES string of the molecule is CCCCCCCCC1=C(c2cccc(CCCCC)c2)[N+](=[N-])C(c2cccc(CCCCC)c2)=C1. The molecule has 0 saturated heterocycles. The van der Waals surface area contributed by atoms with Crippen LogP contribution >= 0.6 is 0 Å². The standard InChI is InChI=1S/C34H48N2/c1-4-7-10-11-12-15-22-32-27-33(30-23-16-20-28(25-30)18-13-8-5-2)36(35)34(32)31-24-17-21-29(26-31)19-14-9-6-3/h16-17,20-21,23-27H,4-15,18-19,22H2,1-3H3. The van der Waals surface area contributed by atoms with E-state index in [-0.39, 0.29) is 0 Å². The van der Waals surface area contributed by atoms with Crippen LogP contribution in [0.2, 0.25) is 0 Å². The Morgan fingerprint density at radius 3 is 1.72 bits per heavy atom. The number of unbranched alkanes of at least 4 members (excludes halogenated alkanes) is 9. The summed E-state index contributed by atoms with van der Waals surface area (Å²) < 4.78 is 1.47. The second kappa shape index (κ2) is 15.6. The van der Waals surface area contributed by atoms with Crippen LogP contribution in [0, 0.1) is 0 Å². The summed E-state index contributed by atoms with van der Waals surface area (Å²) in [7, 11) is 0. The molecule has 2 heteroatoms. The lowest BCUT2D eigenvalue weighted by Crippen LogP contribution is -2.03. The summed E-state index contributed by atoms with van der Waals surface area (Å²) in [5.74, 6) is 0. The van der Waals surface area contributed by atoms with Crippen molar-refractivity contribution in [2.24, 2.45) is 0 Å². The number of benzene rings is 2.